The third-order valence-corrected chi connectivity index (χ3v) is 2.75. The first kappa shape index (κ1) is 11.9. The Morgan fingerprint density at radius 1 is 1.47 bits per heavy atom. The van der Waals surface area contributed by atoms with E-state index in [0.717, 1.165) is 17.9 Å². The third kappa shape index (κ3) is 3.13. The Kier molecular flexibility index (Phi) is 3.97. The molecule has 0 saturated heterocycles. The zero-order valence-corrected chi connectivity index (χ0v) is 9.71. The van der Waals surface area contributed by atoms with Gasteiger partial charge < -0.3 is 15.8 Å². The summed E-state index contributed by atoms with van der Waals surface area (Å²) in [4.78, 5) is 0. The van der Waals surface area contributed by atoms with E-state index in [4.69, 9.17) is 10.5 Å². The van der Waals surface area contributed by atoms with Crippen LogP contribution in [-0.4, -0.2) is 19.2 Å². The highest BCUT2D eigenvalue weighted by molar-refractivity contribution is 5.50. The zero-order chi connectivity index (χ0) is 11.3. The Morgan fingerprint density at radius 3 is 2.73 bits per heavy atom. The summed E-state index contributed by atoms with van der Waals surface area (Å²) in [5.74, 6) is 0.857. The van der Waals surface area contributed by atoms with Gasteiger partial charge in [0.15, 0.2) is 0 Å². The molecule has 0 fully saturated rings. The van der Waals surface area contributed by atoms with Crippen LogP contribution >= 0.6 is 0 Å². The molecule has 0 spiro atoms. The van der Waals surface area contributed by atoms with Crippen molar-refractivity contribution >= 4 is 5.69 Å². The Hall–Kier alpha value is -1.22. The lowest BCUT2D eigenvalue weighted by molar-refractivity contribution is 0.414. The predicted octanol–water partition coefficient (Wildman–Crippen LogP) is 2.23. The van der Waals surface area contributed by atoms with Crippen LogP contribution in [0.2, 0.25) is 0 Å². The molecule has 1 rings (SSSR count). The van der Waals surface area contributed by atoms with Crippen LogP contribution in [-0.2, 0) is 0 Å². The first-order valence-corrected chi connectivity index (χ1v) is 5.26. The topological polar surface area (TPSA) is 47.3 Å². The maximum atomic E-state index is 5.74. The fourth-order valence-electron chi connectivity index (χ4n) is 1.33. The molecule has 84 valence electrons. The second kappa shape index (κ2) is 5.03. The molecular formula is C12H20N2O. The highest BCUT2D eigenvalue weighted by Gasteiger charge is 2.19. The molecular weight excluding hydrogens is 188 g/mol. The summed E-state index contributed by atoms with van der Waals surface area (Å²) in [7, 11) is 1.67. The van der Waals surface area contributed by atoms with E-state index in [0.29, 0.717) is 6.54 Å². The van der Waals surface area contributed by atoms with E-state index in [1.54, 1.807) is 7.11 Å². The number of nitrogens with one attached hydrogen (secondary N) is 1. The minimum atomic E-state index is -0.0492. The van der Waals surface area contributed by atoms with E-state index >= 15 is 0 Å². The van der Waals surface area contributed by atoms with Gasteiger partial charge in [0.25, 0.3) is 0 Å². The van der Waals surface area contributed by atoms with Crippen molar-refractivity contribution in [2.24, 2.45) is 5.73 Å². The van der Waals surface area contributed by atoms with Gasteiger partial charge in [-0.05, 0) is 25.5 Å². The van der Waals surface area contributed by atoms with Crippen LogP contribution in [0.5, 0.6) is 5.75 Å². The molecule has 0 aliphatic carbocycles. The summed E-state index contributed by atoms with van der Waals surface area (Å²) in [5.41, 5.74) is 6.74. The van der Waals surface area contributed by atoms with Crippen molar-refractivity contribution in [2.45, 2.75) is 25.8 Å². The molecule has 3 heteroatoms. The number of hydrogen-bond acceptors (Lipinski definition) is 3. The lowest BCUT2D eigenvalue weighted by Gasteiger charge is -2.29. The van der Waals surface area contributed by atoms with Crippen LogP contribution < -0.4 is 15.8 Å². The molecule has 0 saturated carbocycles. The zero-order valence-electron chi connectivity index (χ0n) is 9.71. The minimum absolute atomic E-state index is 0.0492. The van der Waals surface area contributed by atoms with E-state index in [9.17, 15) is 0 Å². The van der Waals surface area contributed by atoms with Crippen LogP contribution in [0, 0.1) is 0 Å². The molecule has 3 N–H and O–H groups in total. The van der Waals surface area contributed by atoms with E-state index < -0.39 is 0 Å². The van der Waals surface area contributed by atoms with Gasteiger partial charge in [0.1, 0.15) is 5.75 Å². The number of rotatable bonds is 5. The average Bonchev–Trinajstić information content (AvgIpc) is 2.29. The van der Waals surface area contributed by atoms with Gasteiger partial charge >= 0.3 is 0 Å². The number of benzene rings is 1. The van der Waals surface area contributed by atoms with Crippen molar-refractivity contribution in [3.63, 3.8) is 0 Å². The average molecular weight is 208 g/mol. The minimum Gasteiger partial charge on any atom is -0.497 e. The fraction of sp³-hybridized carbons (Fsp3) is 0.500. The summed E-state index contributed by atoms with van der Waals surface area (Å²) < 4.78 is 5.17. The van der Waals surface area contributed by atoms with E-state index in [-0.39, 0.29) is 5.54 Å². The van der Waals surface area contributed by atoms with E-state index in [1.165, 1.54) is 0 Å². The van der Waals surface area contributed by atoms with Crippen LogP contribution in [0.1, 0.15) is 20.3 Å². The predicted molar refractivity (Wildman–Crippen MR) is 64.4 cm³/mol. The van der Waals surface area contributed by atoms with Crippen LogP contribution in [0.25, 0.3) is 0 Å². The van der Waals surface area contributed by atoms with Gasteiger partial charge in [0.05, 0.1) is 7.11 Å². The summed E-state index contributed by atoms with van der Waals surface area (Å²) >= 11 is 0. The highest BCUT2D eigenvalue weighted by atomic mass is 16.5. The highest BCUT2D eigenvalue weighted by Crippen LogP contribution is 2.21. The monoisotopic (exact) mass is 208 g/mol. The van der Waals surface area contributed by atoms with Gasteiger partial charge in [-0.25, -0.2) is 0 Å². The lowest BCUT2D eigenvalue weighted by atomic mass is 9.99. The van der Waals surface area contributed by atoms with Gasteiger partial charge in [-0.1, -0.05) is 13.0 Å². The van der Waals surface area contributed by atoms with Crippen molar-refractivity contribution in [1.82, 2.24) is 0 Å². The molecule has 3 nitrogen and oxygen atoms in total. The molecule has 0 amide bonds. The number of hydrogen-bond donors (Lipinski definition) is 2. The van der Waals surface area contributed by atoms with Crippen LogP contribution in [0.4, 0.5) is 5.69 Å². The number of anilines is 1. The molecule has 0 radical (unpaired) electrons. The smallest absolute Gasteiger partial charge is 0.120 e. The first-order chi connectivity index (χ1) is 7.13. The normalized spacial score (nSPS) is 14.4. The van der Waals surface area contributed by atoms with Crippen LogP contribution in [0.15, 0.2) is 24.3 Å². The molecule has 15 heavy (non-hydrogen) atoms. The SMILES string of the molecule is CCC(C)(CN)Nc1cccc(OC)c1. The molecule has 0 aliphatic heterocycles. The van der Waals surface area contributed by atoms with Crippen molar-refractivity contribution in [3.05, 3.63) is 24.3 Å². The molecule has 0 aliphatic rings. The van der Waals surface area contributed by atoms with E-state index in [2.05, 4.69) is 19.2 Å². The van der Waals surface area contributed by atoms with Crippen molar-refractivity contribution in [1.29, 1.82) is 0 Å². The molecule has 0 heterocycles. The summed E-state index contributed by atoms with van der Waals surface area (Å²) in [6, 6.07) is 7.89. The second-order valence-corrected chi connectivity index (χ2v) is 3.98. The van der Waals surface area contributed by atoms with Gasteiger partial charge in [-0.2, -0.15) is 0 Å². The van der Waals surface area contributed by atoms with Crippen molar-refractivity contribution in [3.8, 4) is 5.75 Å². The maximum Gasteiger partial charge on any atom is 0.120 e. The third-order valence-electron chi connectivity index (χ3n) is 2.75. The molecule has 1 aromatic carbocycles. The van der Waals surface area contributed by atoms with Crippen molar-refractivity contribution < 1.29 is 4.74 Å². The van der Waals surface area contributed by atoms with Gasteiger partial charge in [-0.3, -0.25) is 0 Å². The number of ether oxygens (including phenoxy) is 1. The summed E-state index contributed by atoms with van der Waals surface area (Å²) in [6.07, 6.45) is 0.987. The van der Waals surface area contributed by atoms with Gasteiger partial charge in [-0.15, -0.1) is 0 Å². The molecule has 1 atom stereocenters. The van der Waals surface area contributed by atoms with Crippen molar-refractivity contribution in [2.75, 3.05) is 19.0 Å². The number of nitrogens with two attached hydrogens (primary N) is 1. The van der Waals surface area contributed by atoms with Crippen LogP contribution in [0.3, 0.4) is 0 Å². The van der Waals surface area contributed by atoms with E-state index in [1.807, 2.05) is 24.3 Å². The standard InChI is InChI=1S/C12H20N2O/c1-4-12(2,9-13)14-10-6-5-7-11(8-10)15-3/h5-8,14H,4,9,13H2,1-3H3. The Bertz CT molecular complexity index is 308. The summed E-state index contributed by atoms with van der Waals surface area (Å²) in [5, 5.41) is 3.42. The van der Waals surface area contributed by atoms with Gasteiger partial charge in [0, 0.05) is 23.8 Å². The number of methoxy groups -OCH3 is 1. The second-order valence-electron chi connectivity index (χ2n) is 3.98. The molecule has 1 aromatic rings. The van der Waals surface area contributed by atoms with Gasteiger partial charge in [0.2, 0.25) is 0 Å². The Balaban J connectivity index is 2.79. The fourth-order valence-corrected chi connectivity index (χ4v) is 1.33. The summed E-state index contributed by atoms with van der Waals surface area (Å²) in [6.45, 7) is 4.85. The Labute approximate surface area is 91.6 Å². The lowest BCUT2D eigenvalue weighted by Crippen LogP contribution is -2.41. The largest absolute Gasteiger partial charge is 0.497 e. The maximum absolute atomic E-state index is 5.74. The molecule has 1 unspecified atom stereocenters. The first-order valence-electron chi connectivity index (χ1n) is 5.26. The quantitative estimate of drug-likeness (QED) is 0.780. The molecule has 0 aromatic heterocycles. The Morgan fingerprint density at radius 2 is 2.20 bits per heavy atom. The molecule has 0 bridgehead atoms.